The summed E-state index contributed by atoms with van der Waals surface area (Å²) >= 11 is 0. The van der Waals surface area contributed by atoms with Crippen LogP contribution in [0.3, 0.4) is 0 Å². The van der Waals surface area contributed by atoms with Crippen LogP contribution in [0.5, 0.6) is 11.5 Å². The van der Waals surface area contributed by atoms with Crippen LogP contribution in [0.1, 0.15) is 34.0 Å². The highest BCUT2D eigenvalue weighted by Crippen LogP contribution is 2.23. The van der Waals surface area contributed by atoms with Crippen molar-refractivity contribution in [3.63, 3.8) is 0 Å². The highest BCUT2D eigenvalue weighted by Gasteiger charge is 2.04. The number of phenolic OH excluding ortho intramolecular Hbond substituents is 1. The topological polar surface area (TPSA) is 46.5 Å². The van der Waals surface area contributed by atoms with Gasteiger partial charge in [-0.3, -0.25) is 4.79 Å². The summed E-state index contributed by atoms with van der Waals surface area (Å²) in [5.74, 6) is 0.995. The van der Waals surface area contributed by atoms with Crippen molar-refractivity contribution in [2.24, 2.45) is 0 Å². The fourth-order valence-electron chi connectivity index (χ4n) is 2.24. The van der Waals surface area contributed by atoms with Gasteiger partial charge in [0.2, 0.25) is 0 Å². The molecule has 114 valence electrons. The zero-order valence-corrected chi connectivity index (χ0v) is 13.1. The Kier molecular flexibility index (Phi) is 4.99. The molecule has 0 amide bonds. The molecule has 2 aromatic carbocycles. The van der Waals surface area contributed by atoms with Crippen molar-refractivity contribution in [2.45, 2.75) is 20.8 Å². The van der Waals surface area contributed by atoms with E-state index in [-0.39, 0.29) is 5.78 Å². The van der Waals surface area contributed by atoms with E-state index < -0.39 is 0 Å². The first kappa shape index (κ1) is 15.8. The Bertz CT molecular complexity index is 674. The van der Waals surface area contributed by atoms with E-state index in [1.807, 2.05) is 32.9 Å². The third-order valence-electron chi connectivity index (χ3n) is 3.39. The summed E-state index contributed by atoms with van der Waals surface area (Å²) in [7, 11) is 0. The Labute approximate surface area is 130 Å². The minimum absolute atomic E-state index is 0.0635. The fourth-order valence-corrected chi connectivity index (χ4v) is 2.24. The number of aryl methyl sites for hydroxylation is 2. The van der Waals surface area contributed by atoms with E-state index in [0.717, 1.165) is 22.4 Å². The van der Waals surface area contributed by atoms with Gasteiger partial charge >= 0.3 is 0 Å². The van der Waals surface area contributed by atoms with E-state index in [1.165, 1.54) is 0 Å². The van der Waals surface area contributed by atoms with E-state index in [0.29, 0.717) is 17.9 Å². The van der Waals surface area contributed by atoms with Crippen molar-refractivity contribution in [1.82, 2.24) is 0 Å². The van der Waals surface area contributed by atoms with Crippen LogP contribution in [0.4, 0.5) is 0 Å². The molecular formula is C19H20O3. The summed E-state index contributed by atoms with van der Waals surface area (Å²) in [6.07, 6.45) is 3.30. The number of allylic oxidation sites excluding steroid dienone is 1. The highest BCUT2D eigenvalue weighted by atomic mass is 16.5. The van der Waals surface area contributed by atoms with Crippen molar-refractivity contribution in [3.8, 4) is 11.5 Å². The Morgan fingerprint density at radius 3 is 2.27 bits per heavy atom. The molecule has 0 saturated carbocycles. The molecule has 0 aliphatic heterocycles. The third kappa shape index (κ3) is 3.76. The number of phenols is 1. The molecule has 0 aliphatic carbocycles. The predicted octanol–water partition coefficient (Wildman–Crippen LogP) is 4.30. The van der Waals surface area contributed by atoms with Crippen LogP contribution in [-0.4, -0.2) is 17.5 Å². The lowest BCUT2D eigenvalue weighted by Crippen LogP contribution is -1.96. The number of benzene rings is 2. The standard InChI is InChI=1S/C19H20O3/c1-4-22-17-8-6-16(7-9-17)18(20)10-5-15-11-13(2)19(21)14(3)12-15/h5-12,21H,4H2,1-3H3/b10-5+. The van der Waals surface area contributed by atoms with Crippen LogP contribution >= 0.6 is 0 Å². The summed E-state index contributed by atoms with van der Waals surface area (Å²) in [6.45, 7) is 6.21. The quantitative estimate of drug-likeness (QED) is 0.661. The maximum atomic E-state index is 12.1. The fraction of sp³-hybridized carbons (Fsp3) is 0.211. The van der Waals surface area contributed by atoms with E-state index in [4.69, 9.17) is 4.74 Å². The van der Waals surface area contributed by atoms with E-state index >= 15 is 0 Å². The molecule has 0 spiro atoms. The van der Waals surface area contributed by atoms with E-state index in [9.17, 15) is 9.90 Å². The number of rotatable bonds is 5. The van der Waals surface area contributed by atoms with Crippen molar-refractivity contribution in [3.05, 3.63) is 64.7 Å². The molecule has 0 unspecified atom stereocenters. The average Bonchev–Trinajstić information content (AvgIpc) is 2.51. The predicted molar refractivity (Wildman–Crippen MR) is 88.6 cm³/mol. The Balaban J connectivity index is 2.14. The number of ether oxygens (including phenoxy) is 1. The molecular weight excluding hydrogens is 276 g/mol. The van der Waals surface area contributed by atoms with E-state index in [1.54, 1.807) is 36.4 Å². The second-order valence-corrected chi connectivity index (χ2v) is 5.16. The molecule has 0 bridgehead atoms. The van der Waals surface area contributed by atoms with Gasteiger partial charge in [-0.15, -0.1) is 0 Å². The van der Waals surface area contributed by atoms with Gasteiger partial charge in [0.1, 0.15) is 11.5 Å². The zero-order valence-electron chi connectivity index (χ0n) is 13.1. The SMILES string of the molecule is CCOc1ccc(C(=O)/C=C/c2cc(C)c(O)c(C)c2)cc1. The molecule has 3 nitrogen and oxygen atoms in total. The summed E-state index contributed by atoms with van der Waals surface area (Å²) < 4.78 is 5.35. The van der Waals surface area contributed by atoms with Gasteiger partial charge in [0.15, 0.2) is 5.78 Å². The van der Waals surface area contributed by atoms with Gasteiger partial charge in [-0.1, -0.05) is 6.08 Å². The smallest absolute Gasteiger partial charge is 0.185 e. The van der Waals surface area contributed by atoms with E-state index in [2.05, 4.69) is 0 Å². The summed E-state index contributed by atoms with van der Waals surface area (Å²) in [4.78, 5) is 12.1. The number of hydrogen-bond acceptors (Lipinski definition) is 3. The first-order valence-corrected chi connectivity index (χ1v) is 7.26. The maximum Gasteiger partial charge on any atom is 0.185 e. The van der Waals surface area contributed by atoms with Gasteiger partial charge in [-0.05, 0) is 79.9 Å². The molecule has 0 fully saturated rings. The summed E-state index contributed by atoms with van der Waals surface area (Å²) in [5, 5.41) is 9.75. The number of carbonyl (C=O) groups is 1. The van der Waals surface area contributed by atoms with Crippen LogP contribution in [0.15, 0.2) is 42.5 Å². The normalized spacial score (nSPS) is 10.9. The molecule has 0 saturated heterocycles. The molecule has 3 heteroatoms. The van der Waals surface area contributed by atoms with Crippen LogP contribution in [-0.2, 0) is 0 Å². The molecule has 0 radical (unpaired) electrons. The monoisotopic (exact) mass is 296 g/mol. The number of carbonyl (C=O) groups excluding carboxylic acids is 1. The van der Waals surface area contributed by atoms with Gasteiger partial charge in [0, 0.05) is 5.56 Å². The van der Waals surface area contributed by atoms with Gasteiger partial charge in [-0.25, -0.2) is 0 Å². The molecule has 0 atom stereocenters. The number of hydrogen-bond donors (Lipinski definition) is 1. The van der Waals surface area contributed by atoms with Crippen molar-refractivity contribution in [2.75, 3.05) is 6.61 Å². The minimum Gasteiger partial charge on any atom is -0.507 e. The van der Waals surface area contributed by atoms with Crippen LogP contribution in [0.25, 0.3) is 6.08 Å². The first-order valence-electron chi connectivity index (χ1n) is 7.26. The molecule has 0 aliphatic rings. The van der Waals surface area contributed by atoms with Crippen LogP contribution < -0.4 is 4.74 Å². The minimum atomic E-state index is -0.0635. The summed E-state index contributed by atoms with van der Waals surface area (Å²) in [5.41, 5.74) is 3.11. The van der Waals surface area contributed by atoms with Crippen molar-refractivity contribution in [1.29, 1.82) is 0 Å². The van der Waals surface area contributed by atoms with Crippen LogP contribution in [0.2, 0.25) is 0 Å². The molecule has 1 N–H and O–H groups in total. The third-order valence-corrected chi connectivity index (χ3v) is 3.39. The molecule has 0 heterocycles. The first-order chi connectivity index (χ1) is 10.5. The highest BCUT2D eigenvalue weighted by molar-refractivity contribution is 6.06. The number of aromatic hydroxyl groups is 1. The van der Waals surface area contributed by atoms with Crippen molar-refractivity contribution >= 4 is 11.9 Å². The second kappa shape index (κ2) is 6.94. The lowest BCUT2D eigenvalue weighted by molar-refractivity contribution is 0.104. The molecule has 2 aromatic rings. The Morgan fingerprint density at radius 2 is 1.73 bits per heavy atom. The number of ketones is 1. The lowest BCUT2D eigenvalue weighted by atomic mass is 10.0. The molecule has 2 rings (SSSR count). The Morgan fingerprint density at radius 1 is 1.14 bits per heavy atom. The Hall–Kier alpha value is -2.55. The largest absolute Gasteiger partial charge is 0.507 e. The molecule has 22 heavy (non-hydrogen) atoms. The van der Waals surface area contributed by atoms with Crippen LogP contribution in [0, 0.1) is 13.8 Å². The zero-order chi connectivity index (χ0) is 16.1. The molecule has 0 aromatic heterocycles. The van der Waals surface area contributed by atoms with Crippen molar-refractivity contribution < 1.29 is 14.6 Å². The second-order valence-electron chi connectivity index (χ2n) is 5.16. The lowest BCUT2D eigenvalue weighted by Gasteiger charge is -2.05. The van der Waals surface area contributed by atoms with Gasteiger partial charge in [-0.2, -0.15) is 0 Å². The van der Waals surface area contributed by atoms with Gasteiger partial charge < -0.3 is 9.84 Å². The summed E-state index contributed by atoms with van der Waals surface area (Å²) in [6, 6.07) is 10.8. The average molecular weight is 296 g/mol. The van der Waals surface area contributed by atoms with Gasteiger partial charge in [0.25, 0.3) is 0 Å². The van der Waals surface area contributed by atoms with Gasteiger partial charge in [0.05, 0.1) is 6.61 Å². The maximum absolute atomic E-state index is 12.1.